The van der Waals surface area contributed by atoms with E-state index in [2.05, 4.69) is 5.32 Å². The molecule has 0 heterocycles. The Morgan fingerprint density at radius 3 is 2.44 bits per heavy atom. The van der Waals surface area contributed by atoms with Crippen LogP contribution in [0.4, 0.5) is 11.4 Å². The number of nitrogens with one attached hydrogen (secondary N) is 1. The van der Waals surface area contributed by atoms with Crippen LogP contribution in [-0.4, -0.2) is 18.6 Å². The predicted octanol–water partition coefficient (Wildman–Crippen LogP) is 3.33. The highest BCUT2D eigenvalue weighted by atomic mass is 35.5. The highest BCUT2D eigenvalue weighted by Crippen LogP contribution is 2.32. The smallest absolute Gasteiger partial charge is 0.226 e. The molecule has 0 spiro atoms. The molecule has 0 saturated heterocycles. The summed E-state index contributed by atoms with van der Waals surface area (Å²) in [5, 5.41) is 3.28. The molecule has 0 fully saturated rings. The predicted molar refractivity (Wildman–Crippen MR) is 75.2 cm³/mol. The molecule has 0 radical (unpaired) electrons. The van der Waals surface area contributed by atoms with Crippen molar-refractivity contribution in [2.24, 2.45) is 0 Å². The van der Waals surface area contributed by atoms with Gasteiger partial charge in [-0.15, -0.1) is 0 Å². The molecule has 0 bridgehead atoms. The van der Waals surface area contributed by atoms with Crippen LogP contribution < -0.4 is 11.1 Å². The minimum atomic E-state index is -0.204. The third kappa shape index (κ3) is 4.72. The van der Waals surface area contributed by atoms with Gasteiger partial charge < -0.3 is 15.8 Å². The maximum absolute atomic E-state index is 11.6. The number of ether oxygens (including phenoxy) is 1. The Balaban J connectivity index is 2.59. The first kappa shape index (κ1) is 15.1. The fourth-order valence-corrected chi connectivity index (χ4v) is 1.90. The van der Waals surface area contributed by atoms with Gasteiger partial charge >= 0.3 is 0 Å². The third-order valence-electron chi connectivity index (χ3n) is 2.11. The second-order valence-corrected chi connectivity index (χ2v) is 4.89. The summed E-state index contributed by atoms with van der Waals surface area (Å²) in [6, 6.07) is 3.07. The van der Waals surface area contributed by atoms with Gasteiger partial charge in [0.1, 0.15) is 0 Å². The summed E-state index contributed by atoms with van der Waals surface area (Å²) < 4.78 is 5.28. The van der Waals surface area contributed by atoms with Crippen LogP contribution in [0.2, 0.25) is 10.0 Å². The zero-order valence-corrected chi connectivity index (χ0v) is 11.8. The molecule has 1 amide bonds. The molecule has 18 heavy (non-hydrogen) atoms. The van der Waals surface area contributed by atoms with E-state index < -0.39 is 0 Å². The van der Waals surface area contributed by atoms with Crippen molar-refractivity contribution in [1.29, 1.82) is 0 Å². The van der Waals surface area contributed by atoms with Crippen LogP contribution in [0.15, 0.2) is 12.1 Å². The van der Waals surface area contributed by atoms with Crippen LogP contribution in [-0.2, 0) is 9.53 Å². The number of hydrogen-bond donors (Lipinski definition) is 2. The highest BCUT2D eigenvalue weighted by molar-refractivity contribution is 6.40. The number of amides is 1. The van der Waals surface area contributed by atoms with Gasteiger partial charge in [0, 0.05) is 5.69 Å². The van der Waals surface area contributed by atoms with Crippen LogP contribution in [0, 0.1) is 0 Å². The summed E-state index contributed by atoms with van der Waals surface area (Å²) in [4.78, 5) is 11.6. The summed E-state index contributed by atoms with van der Waals surface area (Å²) in [5.74, 6) is -0.204. The van der Waals surface area contributed by atoms with Gasteiger partial charge in [0.2, 0.25) is 5.91 Å². The average molecular weight is 291 g/mol. The molecule has 1 aromatic rings. The minimum Gasteiger partial charge on any atom is -0.399 e. The molecule has 0 aliphatic carbocycles. The number of halogens is 2. The second-order valence-electron chi connectivity index (χ2n) is 4.08. The maximum atomic E-state index is 11.6. The molecule has 0 aliphatic rings. The SMILES string of the molecule is CC(C)OCCC(=O)Nc1c(Cl)cc(N)cc1Cl. The topological polar surface area (TPSA) is 64.3 Å². The number of nitrogen functional groups attached to an aromatic ring is 1. The quantitative estimate of drug-likeness (QED) is 0.818. The van der Waals surface area contributed by atoms with Gasteiger partial charge in [-0.2, -0.15) is 0 Å². The molecular weight excluding hydrogens is 275 g/mol. The lowest BCUT2D eigenvalue weighted by Crippen LogP contribution is -2.16. The van der Waals surface area contributed by atoms with Crippen molar-refractivity contribution in [3.8, 4) is 0 Å². The monoisotopic (exact) mass is 290 g/mol. The zero-order valence-electron chi connectivity index (χ0n) is 10.3. The number of nitrogens with two attached hydrogens (primary N) is 1. The molecule has 0 unspecified atom stereocenters. The summed E-state index contributed by atoms with van der Waals surface area (Å²) in [6.07, 6.45) is 0.344. The molecule has 3 N–H and O–H groups in total. The Bertz CT molecular complexity index is 413. The van der Waals surface area contributed by atoms with E-state index in [1.807, 2.05) is 13.8 Å². The van der Waals surface area contributed by atoms with Gasteiger partial charge in [-0.1, -0.05) is 23.2 Å². The van der Waals surface area contributed by atoms with Crippen molar-refractivity contribution in [3.63, 3.8) is 0 Å². The zero-order chi connectivity index (χ0) is 13.7. The highest BCUT2D eigenvalue weighted by Gasteiger charge is 2.11. The van der Waals surface area contributed by atoms with Gasteiger partial charge in [0.15, 0.2) is 0 Å². The number of carbonyl (C=O) groups excluding carboxylic acids is 1. The van der Waals surface area contributed by atoms with Gasteiger partial charge in [0.05, 0.1) is 34.9 Å². The van der Waals surface area contributed by atoms with Crippen molar-refractivity contribution in [2.45, 2.75) is 26.4 Å². The Kier molecular flexibility index (Phi) is 5.72. The average Bonchev–Trinajstić information content (AvgIpc) is 2.22. The largest absolute Gasteiger partial charge is 0.399 e. The van der Waals surface area contributed by atoms with Crippen LogP contribution in [0.3, 0.4) is 0 Å². The number of rotatable bonds is 5. The molecule has 4 nitrogen and oxygen atoms in total. The van der Waals surface area contributed by atoms with Crippen molar-refractivity contribution in [1.82, 2.24) is 0 Å². The van der Waals surface area contributed by atoms with E-state index in [1.54, 1.807) is 0 Å². The van der Waals surface area contributed by atoms with Crippen molar-refractivity contribution in [2.75, 3.05) is 17.7 Å². The second kappa shape index (κ2) is 6.83. The van der Waals surface area contributed by atoms with Crippen molar-refractivity contribution >= 4 is 40.5 Å². The molecule has 100 valence electrons. The fourth-order valence-electron chi connectivity index (χ4n) is 1.30. The standard InChI is InChI=1S/C12H16Cl2N2O2/c1-7(2)18-4-3-11(17)16-12-9(13)5-8(15)6-10(12)14/h5-7H,3-4,15H2,1-2H3,(H,16,17). The first-order valence-corrected chi connectivity index (χ1v) is 6.31. The minimum absolute atomic E-state index is 0.0986. The third-order valence-corrected chi connectivity index (χ3v) is 2.71. The van der Waals surface area contributed by atoms with Crippen LogP contribution in [0.5, 0.6) is 0 Å². The normalized spacial score (nSPS) is 10.7. The van der Waals surface area contributed by atoms with Crippen LogP contribution >= 0.6 is 23.2 Å². The molecule has 0 aromatic heterocycles. The Morgan fingerprint density at radius 2 is 1.94 bits per heavy atom. The van der Waals surface area contributed by atoms with Gasteiger partial charge in [-0.3, -0.25) is 4.79 Å². The molecule has 0 atom stereocenters. The van der Waals surface area contributed by atoms with Crippen LogP contribution in [0.25, 0.3) is 0 Å². The number of carbonyl (C=O) groups is 1. The van der Waals surface area contributed by atoms with E-state index in [4.69, 9.17) is 33.7 Å². The molecule has 0 saturated carbocycles. The Morgan fingerprint density at radius 1 is 1.39 bits per heavy atom. The lowest BCUT2D eigenvalue weighted by atomic mass is 10.2. The van der Waals surface area contributed by atoms with E-state index in [0.717, 1.165) is 0 Å². The Hall–Kier alpha value is -0.970. The first-order valence-electron chi connectivity index (χ1n) is 5.56. The van der Waals surface area contributed by atoms with Gasteiger partial charge in [-0.05, 0) is 26.0 Å². The molecular formula is C12H16Cl2N2O2. The lowest BCUT2D eigenvalue weighted by Gasteiger charge is -2.11. The molecule has 6 heteroatoms. The number of anilines is 2. The van der Waals surface area contributed by atoms with E-state index in [-0.39, 0.29) is 18.4 Å². The lowest BCUT2D eigenvalue weighted by molar-refractivity contribution is -0.117. The molecule has 1 rings (SSSR count). The summed E-state index contributed by atoms with van der Waals surface area (Å²) in [7, 11) is 0. The molecule has 1 aromatic carbocycles. The fraction of sp³-hybridized carbons (Fsp3) is 0.417. The van der Waals surface area contributed by atoms with Crippen molar-refractivity contribution in [3.05, 3.63) is 22.2 Å². The van der Waals surface area contributed by atoms with Crippen LogP contribution in [0.1, 0.15) is 20.3 Å². The van der Waals surface area contributed by atoms with E-state index in [9.17, 15) is 4.79 Å². The van der Waals surface area contributed by atoms with E-state index in [0.29, 0.717) is 28.0 Å². The summed E-state index contributed by atoms with van der Waals surface area (Å²) in [5.41, 5.74) is 6.40. The summed E-state index contributed by atoms with van der Waals surface area (Å²) >= 11 is 11.9. The number of benzene rings is 1. The van der Waals surface area contributed by atoms with E-state index in [1.165, 1.54) is 12.1 Å². The molecule has 0 aliphatic heterocycles. The van der Waals surface area contributed by atoms with Gasteiger partial charge in [0.25, 0.3) is 0 Å². The Labute approximate surface area is 116 Å². The van der Waals surface area contributed by atoms with E-state index >= 15 is 0 Å². The van der Waals surface area contributed by atoms with Crippen molar-refractivity contribution < 1.29 is 9.53 Å². The maximum Gasteiger partial charge on any atom is 0.226 e. The summed E-state index contributed by atoms with van der Waals surface area (Å²) in [6.45, 7) is 4.17. The number of hydrogen-bond acceptors (Lipinski definition) is 3. The van der Waals surface area contributed by atoms with Gasteiger partial charge in [-0.25, -0.2) is 0 Å². The first-order chi connectivity index (χ1) is 8.40.